The minimum Gasteiger partial charge on any atom is -0.456 e. The van der Waals surface area contributed by atoms with Crippen LogP contribution in [-0.4, -0.2) is 16.9 Å². The van der Waals surface area contributed by atoms with Crippen LogP contribution in [0.25, 0.3) is 0 Å². The van der Waals surface area contributed by atoms with Gasteiger partial charge >= 0.3 is 5.97 Å². The van der Waals surface area contributed by atoms with Crippen molar-refractivity contribution in [1.29, 1.82) is 0 Å². The first-order valence-electron chi connectivity index (χ1n) is 6.86. The number of hydrogen-bond donors (Lipinski definition) is 1. The van der Waals surface area contributed by atoms with Gasteiger partial charge in [-0.3, -0.25) is 0 Å². The number of carbonyl (C=O) groups is 1. The predicted octanol–water partition coefficient (Wildman–Crippen LogP) is 3.96. The third kappa shape index (κ3) is 4.70. The molecular weight excluding hydrogens is 346 g/mol. The van der Waals surface area contributed by atoms with E-state index in [-0.39, 0.29) is 12.3 Å². The number of ether oxygens (including phenoxy) is 1. The van der Waals surface area contributed by atoms with Gasteiger partial charge in [0.25, 0.3) is 0 Å². The molecule has 0 aliphatic heterocycles. The predicted molar refractivity (Wildman–Crippen MR) is 87.9 cm³/mol. The molecule has 2 rings (SSSR count). The highest BCUT2D eigenvalue weighted by Gasteiger charge is 2.14. The minimum absolute atomic E-state index is 0.0201. The van der Waals surface area contributed by atoms with Crippen LogP contribution in [0.1, 0.15) is 17.5 Å². The van der Waals surface area contributed by atoms with Gasteiger partial charge < -0.3 is 9.94 Å². The zero-order valence-corrected chi connectivity index (χ0v) is 13.5. The smallest absolute Gasteiger partial charge is 0.356 e. The van der Waals surface area contributed by atoms with Gasteiger partial charge in [-0.1, -0.05) is 69.6 Å². The van der Waals surface area contributed by atoms with Crippen LogP contribution in [0.2, 0.25) is 0 Å². The van der Waals surface area contributed by atoms with Crippen LogP contribution < -0.4 is 0 Å². The average Bonchev–Trinajstić information content (AvgIpc) is 2.56. The first-order valence-corrected chi connectivity index (χ1v) is 7.65. The summed E-state index contributed by atoms with van der Waals surface area (Å²) in [6.45, 7) is 0.160. The van der Waals surface area contributed by atoms with E-state index in [1.165, 1.54) is 0 Å². The highest BCUT2D eigenvalue weighted by atomic mass is 79.9. The Morgan fingerprint density at radius 3 is 2.45 bits per heavy atom. The van der Waals surface area contributed by atoms with Crippen LogP contribution in [0.5, 0.6) is 0 Å². The third-order valence-electron chi connectivity index (χ3n) is 3.16. The summed E-state index contributed by atoms with van der Waals surface area (Å²) in [7, 11) is 0. The zero-order valence-electron chi connectivity index (χ0n) is 11.9. The molecule has 114 valence electrons. The number of esters is 1. The lowest BCUT2D eigenvalue weighted by atomic mass is 10.1. The zero-order chi connectivity index (χ0) is 15.8. The molecule has 1 N–H and O–H groups in total. The number of carbonyl (C=O) groups excluding carboxylic acids is 1. The normalized spacial score (nSPS) is 11.2. The van der Waals surface area contributed by atoms with E-state index in [0.29, 0.717) is 12.8 Å². The molecule has 0 aromatic heterocycles. The Bertz CT molecular complexity index is 656. The molecule has 0 saturated carbocycles. The van der Waals surface area contributed by atoms with Crippen LogP contribution >= 0.6 is 15.9 Å². The average molecular weight is 362 g/mol. The van der Waals surface area contributed by atoms with E-state index >= 15 is 0 Å². The molecule has 0 saturated heterocycles. The Morgan fingerprint density at radius 1 is 1.09 bits per heavy atom. The summed E-state index contributed by atoms with van der Waals surface area (Å²) < 4.78 is 6.12. The maximum absolute atomic E-state index is 11.9. The van der Waals surface area contributed by atoms with Crippen molar-refractivity contribution in [3.05, 3.63) is 70.2 Å². The van der Waals surface area contributed by atoms with Crippen molar-refractivity contribution < 1.29 is 14.7 Å². The first kappa shape index (κ1) is 16.2. The summed E-state index contributed by atoms with van der Waals surface area (Å²) in [5.41, 5.74) is 1.95. The molecule has 0 bridgehead atoms. The number of oxime groups is 1. The molecule has 0 heterocycles. The van der Waals surface area contributed by atoms with Crippen molar-refractivity contribution >= 4 is 27.6 Å². The Morgan fingerprint density at radius 2 is 1.77 bits per heavy atom. The fraction of sp³-hybridized carbons (Fsp3) is 0.176. The highest BCUT2D eigenvalue weighted by Crippen LogP contribution is 2.17. The van der Waals surface area contributed by atoms with E-state index in [1.54, 1.807) is 0 Å². The number of rotatable bonds is 6. The molecule has 5 heteroatoms. The van der Waals surface area contributed by atoms with Crippen molar-refractivity contribution in [1.82, 2.24) is 0 Å². The molecule has 0 aliphatic carbocycles. The van der Waals surface area contributed by atoms with Crippen LogP contribution in [0.3, 0.4) is 0 Å². The maximum Gasteiger partial charge on any atom is 0.356 e. The van der Waals surface area contributed by atoms with Gasteiger partial charge in [-0.25, -0.2) is 4.79 Å². The summed E-state index contributed by atoms with van der Waals surface area (Å²) >= 11 is 3.45. The Labute approximate surface area is 137 Å². The molecule has 4 nitrogen and oxygen atoms in total. The first-order chi connectivity index (χ1) is 10.7. The van der Waals surface area contributed by atoms with Gasteiger partial charge in [-0.05, 0) is 23.6 Å². The standard InChI is InChI=1S/C17H16BrNO3/c18-15-9-5-4-8-14(15)10-11-16(19-21)17(20)22-12-13-6-2-1-3-7-13/h1-9,21H,10-12H2/b19-16-. The number of aryl methyl sites for hydroxylation is 1. The van der Waals surface area contributed by atoms with Gasteiger partial charge in [0.15, 0.2) is 5.71 Å². The largest absolute Gasteiger partial charge is 0.456 e. The van der Waals surface area contributed by atoms with E-state index in [4.69, 9.17) is 9.94 Å². The number of benzene rings is 2. The maximum atomic E-state index is 11.9. The Balaban J connectivity index is 1.88. The molecule has 2 aromatic carbocycles. The molecule has 0 aliphatic rings. The molecule has 0 spiro atoms. The van der Waals surface area contributed by atoms with Gasteiger partial charge in [0.1, 0.15) is 6.61 Å². The summed E-state index contributed by atoms with van der Waals surface area (Å²) in [5.74, 6) is -0.599. The van der Waals surface area contributed by atoms with Crippen molar-refractivity contribution in [2.75, 3.05) is 0 Å². The lowest BCUT2D eigenvalue weighted by Gasteiger charge is -2.07. The van der Waals surface area contributed by atoms with Crippen molar-refractivity contribution in [2.24, 2.45) is 5.16 Å². The van der Waals surface area contributed by atoms with E-state index in [9.17, 15) is 4.79 Å². The second kappa shape index (κ2) is 8.34. The van der Waals surface area contributed by atoms with Gasteiger partial charge in [0, 0.05) is 10.9 Å². The lowest BCUT2D eigenvalue weighted by molar-refractivity contribution is -0.137. The monoisotopic (exact) mass is 361 g/mol. The van der Waals surface area contributed by atoms with E-state index < -0.39 is 5.97 Å². The van der Waals surface area contributed by atoms with Crippen molar-refractivity contribution in [3.8, 4) is 0 Å². The second-order valence-corrected chi connectivity index (χ2v) is 5.55. The van der Waals surface area contributed by atoms with Gasteiger partial charge in [-0.2, -0.15) is 0 Å². The summed E-state index contributed by atoms with van der Waals surface area (Å²) in [6, 6.07) is 17.1. The number of hydrogen-bond acceptors (Lipinski definition) is 4. The van der Waals surface area contributed by atoms with Crippen molar-refractivity contribution in [2.45, 2.75) is 19.4 Å². The molecule has 0 amide bonds. The van der Waals surface area contributed by atoms with Crippen LogP contribution in [0, 0.1) is 0 Å². The Hall–Kier alpha value is -2.14. The highest BCUT2D eigenvalue weighted by molar-refractivity contribution is 9.10. The SMILES string of the molecule is O=C(OCc1ccccc1)/C(CCc1ccccc1Br)=N\O. The minimum atomic E-state index is -0.599. The molecule has 0 fully saturated rings. The van der Waals surface area contributed by atoms with Gasteiger partial charge in [-0.15, -0.1) is 0 Å². The number of nitrogens with zero attached hydrogens (tertiary/aromatic N) is 1. The van der Waals surface area contributed by atoms with E-state index in [0.717, 1.165) is 15.6 Å². The van der Waals surface area contributed by atoms with E-state index in [1.807, 2.05) is 54.6 Å². The molecular formula is C17H16BrNO3. The molecule has 0 radical (unpaired) electrons. The van der Waals surface area contributed by atoms with Crippen molar-refractivity contribution in [3.63, 3.8) is 0 Å². The summed E-state index contributed by atoms with van der Waals surface area (Å²) in [5, 5.41) is 12.1. The summed E-state index contributed by atoms with van der Waals surface area (Å²) in [4.78, 5) is 11.9. The number of halogens is 1. The van der Waals surface area contributed by atoms with Crippen LogP contribution in [0.4, 0.5) is 0 Å². The molecule has 2 aromatic rings. The fourth-order valence-corrected chi connectivity index (χ4v) is 2.44. The quantitative estimate of drug-likeness (QED) is 0.366. The third-order valence-corrected chi connectivity index (χ3v) is 3.93. The fourth-order valence-electron chi connectivity index (χ4n) is 1.95. The van der Waals surface area contributed by atoms with E-state index in [2.05, 4.69) is 21.1 Å². The molecule has 0 atom stereocenters. The second-order valence-electron chi connectivity index (χ2n) is 4.70. The lowest BCUT2D eigenvalue weighted by Crippen LogP contribution is -2.18. The summed E-state index contributed by atoms with van der Waals surface area (Å²) in [6.07, 6.45) is 0.897. The van der Waals surface area contributed by atoms with Gasteiger partial charge in [0.05, 0.1) is 0 Å². The van der Waals surface area contributed by atoms with Crippen LogP contribution in [-0.2, 0) is 22.6 Å². The molecule has 22 heavy (non-hydrogen) atoms. The van der Waals surface area contributed by atoms with Gasteiger partial charge in [0.2, 0.25) is 0 Å². The Kier molecular flexibility index (Phi) is 6.15. The topological polar surface area (TPSA) is 58.9 Å². The van der Waals surface area contributed by atoms with Crippen LogP contribution in [0.15, 0.2) is 64.2 Å². The molecule has 0 unspecified atom stereocenters.